The summed E-state index contributed by atoms with van der Waals surface area (Å²) in [5.41, 5.74) is 3.30. The minimum Gasteiger partial charge on any atom is -0.497 e. The zero-order chi connectivity index (χ0) is 21.5. The number of piperazine rings is 1. The van der Waals surface area contributed by atoms with Crippen molar-refractivity contribution in [1.82, 2.24) is 9.80 Å². The molecule has 0 aromatic heterocycles. The first-order chi connectivity index (χ1) is 15.1. The van der Waals surface area contributed by atoms with Gasteiger partial charge >= 0.3 is 0 Å². The molecule has 2 amide bonds. The van der Waals surface area contributed by atoms with Gasteiger partial charge in [-0.15, -0.1) is 0 Å². The zero-order valence-corrected chi connectivity index (χ0v) is 17.7. The predicted molar refractivity (Wildman–Crippen MR) is 117 cm³/mol. The van der Waals surface area contributed by atoms with Crippen molar-refractivity contribution in [3.8, 4) is 16.9 Å². The van der Waals surface area contributed by atoms with E-state index in [2.05, 4.69) is 24.3 Å². The summed E-state index contributed by atoms with van der Waals surface area (Å²) < 4.78 is 5.23. The number of carbonyl (C=O) groups is 2. The molecular weight excluding hydrogens is 392 g/mol. The predicted octanol–water partition coefficient (Wildman–Crippen LogP) is 2.66. The van der Waals surface area contributed by atoms with Gasteiger partial charge in [0.15, 0.2) is 0 Å². The van der Waals surface area contributed by atoms with Crippen molar-refractivity contribution in [3.05, 3.63) is 54.1 Å². The lowest BCUT2D eigenvalue weighted by atomic mass is 9.73. The first-order valence-corrected chi connectivity index (χ1v) is 11.1. The number of nitrogens with zero attached hydrogens (tertiary/aromatic N) is 2. The van der Waals surface area contributed by atoms with Gasteiger partial charge in [0, 0.05) is 18.4 Å². The molecule has 0 bridgehead atoms. The van der Waals surface area contributed by atoms with E-state index in [1.807, 2.05) is 24.3 Å². The molecular formula is C25H28N2O4. The van der Waals surface area contributed by atoms with E-state index < -0.39 is 0 Å². The number of carbonyl (C=O) groups excluding carboxylic acids is 2. The van der Waals surface area contributed by atoms with Crippen LogP contribution in [0.15, 0.2) is 48.5 Å². The van der Waals surface area contributed by atoms with Gasteiger partial charge in [-0.2, -0.15) is 0 Å². The molecule has 3 atom stereocenters. The van der Waals surface area contributed by atoms with Crippen molar-refractivity contribution in [1.29, 1.82) is 0 Å². The highest BCUT2D eigenvalue weighted by Crippen LogP contribution is 2.44. The largest absolute Gasteiger partial charge is 0.497 e. The number of rotatable bonds is 5. The number of benzene rings is 2. The molecule has 2 aromatic rings. The first-order valence-electron chi connectivity index (χ1n) is 11.1. The standard InChI is InChI=1S/C25H28N2O4/c1-31-20-11-9-17(10-12-20)16-5-7-18(8-6-16)24-21-13-26(25(30)19-3-2-4-19)14-23(29)27(21)22(24)15-28/h5-12,19,21-22,24,28H,2-4,13-15H2,1H3/t21-,22+,24+/m0/s1. The highest BCUT2D eigenvalue weighted by molar-refractivity contribution is 5.89. The minimum absolute atomic E-state index is 0.0378. The smallest absolute Gasteiger partial charge is 0.242 e. The fourth-order valence-corrected chi connectivity index (χ4v) is 5.26. The van der Waals surface area contributed by atoms with Gasteiger partial charge < -0.3 is 19.6 Å². The van der Waals surface area contributed by atoms with E-state index in [0.29, 0.717) is 6.54 Å². The maximum Gasteiger partial charge on any atom is 0.242 e. The minimum atomic E-state index is -0.217. The van der Waals surface area contributed by atoms with Crippen LogP contribution in [0.3, 0.4) is 0 Å². The van der Waals surface area contributed by atoms with Crippen LogP contribution in [-0.4, -0.2) is 65.6 Å². The maximum atomic E-state index is 12.7. The second kappa shape index (κ2) is 8.00. The quantitative estimate of drug-likeness (QED) is 0.808. The summed E-state index contributed by atoms with van der Waals surface area (Å²) in [6.45, 7) is 0.637. The van der Waals surface area contributed by atoms with Gasteiger partial charge in [-0.05, 0) is 41.7 Å². The Morgan fingerprint density at radius 1 is 1.06 bits per heavy atom. The van der Waals surface area contributed by atoms with Crippen molar-refractivity contribution in [3.63, 3.8) is 0 Å². The van der Waals surface area contributed by atoms with Crippen LogP contribution >= 0.6 is 0 Å². The van der Waals surface area contributed by atoms with Crippen LogP contribution in [0.1, 0.15) is 30.7 Å². The average Bonchev–Trinajstić information content (AvgIpc) is 2.74. The van der Waals surface area contributed by atoms with Gasteiger partial charge in [0.1, 0.15) is 5.75 Å². The van der Waals surface area contributed by atoms with E-state index in [0.717, 1.165) is 41.7 Å². The Morgan fingerprint density at radius 2 is 1.71 bits per heavy atom. The van der Waals surface area contributed by atoms with Gasteiger partial charge in [-0.3, -0.25) is 9.59 Å². The Hall–Kier alpha value is -2.86. The Balaban J connectivity index is 1.35. The summed E-state index contributed by atoms with van der Waals surface area (Å²) in [4.78, 5) is 29.0. The van der Waals surface area contributed by atoms with Crippen LogP contribution in [0.4, 0.5) is 0 Å². The Bertz CT molecular complexity index is 968. The summed E-state index contributed by atoms with van der Waals surface area (Å²) in [5, 5.41) is 9.98. The molecule has 2 aromatic carbocycles. The average molecular weight is 421 g/mol. The van der Waals surface area contributed by atoms with Crippen molar-refractivity contribution in [2.24, 2.45) is 5.92 Å². The number of hydrogen-bond donors (Lipinski definition) is 1. The van der Waals surface area contributed by atoms with Crippen molar-refractivity contribution in [2.75, 3.05) is 26.8 Å². The molecule has 6 heteroatoms. The molecule has 2 aliphatic heterocycles. The summed E-state index contributed by atoms with van der Waals surface area (Å²) >= 11 is 0. The lowest BCUT2D eigenvalue weighted by molar-refractivity contribution is -0.169. The molecule has 5 rings (SSSR count). The molecule has 2 saturated heterocycles. The van der Waals surface area contributed by atoms with Gasteiger partial charge in [0.25, 0.3) is 0 Å². The SMILES string of the molecule is COc1ccc(-c2ccc([C@H]3[C@@H](CO)N4C(=O)CN(C(=O)C5CCC5)C[C@@H]34)cc2)cc1. The van der Waals surface area contributed by atoms with Gasteiger partial charge in [-0.25, -0.2) is 0 Å². The normalized spacial score (nSPS) is 25.5. The number of ether oxygens (including phenoxy) is 1. The second-order valence-electron chi connectivity index (χ2n) is 8.84. The van der Waals surface area contributed by atoms with E-state index in [1.54, 1.807) is 16.9 Å². The molecule has 6 nitrogen and oxygen atoms in total. The third kappa shape index (κ3) is 3.39. The fraction of sp³-hybridized carbons (Fsp3) is 0.440. The lowest BCUT2D eigenvalue weighted by Crippen LogP contribution is -2.73. The molecule has 0 unspecified atom stereocenters. The van der Waals surface area contributed by atoms with Crippen LogP contribution in [-0.2, 0) is 9.59 Å². The van der Waals surface area contributed by atoms with Crippen LogP contribution in [0, 0.1) is 5.92 Å². The molecule has 3 fully saturated rings. The second-order valence-corrected chi connectivity index (χ2v) is 8.84. The van der Waals surface area contributed by atoms with E-state index in [-0.39, 0.29) is 48.9 Å². The number of amides is 2. The molecule has 1 N–H and O–H groups in total. The maximum absolute atomic E-state index is 12.7. The molecule has 31 heavy (non-hydrogen) atoms. The van der Waals surface area contributed by atoms with Crippen LogP contribution in [0.25, 0.3) is 11.1 Å². The summed E-state index contributed by atoms with van der Waals surface area (Å²) in [5.74, 6) is 1.03. The summed E-state index contributed by atoms with van der Waals surface area (Å²) in [7, 11) is 1.65. The molecule has 2 heterocycles. The number of aliphatic hydroxyl groups excluding tert-OH is 1. The van der Waals surface area contributed by atoms with Crippen LogP contribution in [0.2, 0.25) is 0 Å². The third-order valence-electron chi connectivity index (χ3n) is 7.24. The van der Waals surface area contributed by atoms with E-state index >= 15 is 0 Å². The van der Waals surface area contributed by atoms with Gasteiger partial charge in [-0.1, -0.05) is 42.8 Å². The molecule has 1 aliphatic carbocycles. The molecule has 0 radical (unpaired) electrons. The number of methoxy groups -OCH3 is 1. The van der Waals surface area contributed by atoms with Gasteiger partial charge in [0.05, 0.1) is 32.3 Å². The topological polar surface area (TPSA) is 70.1 Å². The first kappa shape index (κ1) is 20.1. The van der Waals surface area contributed by atoms with Crippen LogP contribution < -0.4 is 4.74 Å². The highest BCUT2D eigenvalue weighted by Gasteiger charge is 2.54. The van der Waals surface area contributed by atoms with E-state index in [4.69, 9.17) is 4.74 Å². The summed E-state index contributed by atoms with van der Waals surface area (Å²) in [6.07, 6.45) is 2.98. The third-order valence-corrected chi connectivity index (χ3v) is 7.24. The number of hydrogen-bond acceptors (Lipinski definition) is 4. The van der Waals surface area contributed by atoms with Crippen LogP contribution in [0.5, 0.6) is 5.75 Å². The summed E-state index contributed by atoms with van der Waals surface area (Å²) in [6, 6.07) is 16.0. The van der Waals surface area contributed by atoms with E-state index in [9.17, 15) is 14.7 Å². The number of fused-ring (bicyclic) bond motifs is 1. The molecule has 0 spiro atoms. The molecule has 1 saturated carbocycles. The fourth-order valence-electron chi connectivity index (χ4n) is 5.26. The Labute approximate surface area is 182 Å². The monoisotopic (exact) mass is 420 g/mol. The highest BCUT2D eigenvalue weighted by atomic mass is 16.5. The zero-order valence-electron chi connectivity index (χ0n) is 17.7. The van der Waals surface area contributed by atoms with E-state index in [1.165, 1.54) is 0 Å². The van der Waals surface area contributed by atoms with Crippen molar-refractivity contribution >= 4 is 11.8 Å². The van der Waals surface area contributed by atoms with Gasteiger partial charge in [0.2, 0.25) is 11.8 Å². The Kier molecular flexibility index (Phi) is 5.18. The number of aliphatic hydroxyl groups is 1. The van der Waals surface area contributed by atoms with Crippen molar-refractivity contribution < 1.29 is 19.4 Å². The lowest BCUT2D eigenvalue weighted by Gasteiger charge is -2.59. The Morgan fingerprint density at radius 3 is 2.26 bits per heavy atom. The molecule has 162 valence electrons. The van der Waals surface area contributed by atoms with Crippen molar-refractivity contribution in [2.45, 2.75) is 37.3 Å². The molecule has 3 aliphatic rings.